The lowest BCUT2D eigenvalue weighted by atomic mass is 10.1. The average molecular weight is 458 g/mol. The number of hydrogen-bond donors (Lipinski definition) is 1. The summed E-state index contributed by atoms with van der Waals surface area (Å²) in [5.74, 6) is 0.753. The first-order chi connectivity index (χ1) is 14.6. The quantitative estimate of drug-likeness (QED) is 0.395. The van der Waals surface area contributed by atoms with Crippen LogP contribution in [0.1, 0.15) is 11.4 Å². The van der Waals surface area contributed by atoms with E-state index < -0.39 is 0 Å². The molecule has 30 heavy (non-hydrogen) atoms. The first-order valence-electron chi connectivity index (χ1n) is 9.10. The highest BCUT2D eigenvalue weighted by Crippen LogP contribution is 2.23. The summed E-state index contributed by atoms with van der Waals surface area (Å²) in [5, 5.41) is 13.3. The van der Waals surface area contributed by atoms with Crippen molar-refractivity contribution in [3.05, 3.63) is 94.5 Å². The third-order valence-corrected chi connectivity index (χ3v) is 5.75. The van der Waals surface area contributed by atoms with Crippen LogP contribution in [0.25, 0.3) is 0 Å². The molecule has 0 aliphatic heterocycles. The molecule has 0 spiro atoms. The zero-order valence-electron chi connectivity index (χ0n) is 15.7. The number of nitrogens with zero attached hydrogens (tertiary/aromatic N) is 4. The lowest BCUT2D eigenvalue weighted by Crippen LogP contribution is -2.16. The van der Waals surface area contributed by atoms with E-state index >= 15 is 0 Å². The van der Waals surface area contributed by atoms with Gasteiger partial charge in [0.25, 0.3) is 0 Å². The first kappa shape index (κ1) is 20.5. The summed E-state index contributed by atoms with van der Waals surface area (Å²) in [6.07, 6.45) is 4.39. The van der Waals surface area contributed by atoms with Crippen LogP contribution in [0.4, 0.5) is 5.69 Å². The molecule has 0 atom stereocenters. The van der Waals surface area contributed by atoms with Crippen LogP contribution in [-0.2, 0) is 11.2 Å². The molecule has 4 rings (SSSR count). The standard InChI is InChI=1S/C21H17Cl2N5OS/c22-16-9-7-15(8-10-16)13-19-25-26-21(28(19)27-11-3-4-12-27)30-14-20(29)24-18-6-2-1-5-17(18)23/h1-12H,13-14H2,(H,24,29). The molecule has 0 saturated heterocycles. The van der Waals surface area contributed by atoms with Crippen molar-refractivity contribution in [3.8, 4) is 0 Å². The number of para-hydroxylation sites is 1. The van der Waals surface area contributed by atoms with Gasteiger partial charge in [0, 0.05) is 23.8 Å². The Bertz CT molecular complexity index is 1140. The van der Waals surface area contributed by atoms with Crippen molar-refractivity contribution in [3.63, 3.8) is 0 Å². The van der Waals surface area contributed by atoms with Gasteiger partial charge in [-0.05, 0) is 42.0 Å². The summed E-state index contributed by atoms with van der Waals surface area (Å²) in [6.45, 7) is 0. The van der Waals surface area contributed by atoms with E-state index in [2.05, 4.69) is 15.5 Å². The van der Waals surface area contributed by atoms with Gasteiger partial charge in [-0.15, -0.1) is 10.2 Å². The molecule has 0 aliphatic carbocycles. The van der Waals surface area contributed by atoms with Crippen molar-refractivity contribution in [1.29, 1.82) is 0 Å². The normalized spacial score (nSPS) is 10.9. The van der Waals surface area contributed by atoms with Crippen LogP contribution in [0.2, 0.25) is 10.0 Å². The zero-order chi connectivity index (χ0) is 20.9. The largest absolute Gasteiger partial charge is 0.324 e. The Morgan fingerprint density at radius 1 is 0.967 bits per heavy atom. The van der Waals surface area contributed by atoms with E-state index in [-0.39, 0.29) is 11.7 Å². The maximum Gasteiger partial charge on any atom is 0.234 e. The molecule has 0 bridgehead atoms. The number of carbonyl (C=O) groups excluding carboxylic acids is 1. The highest BCUT2D eigenvalue weighted by Gasteiger charge is 2.16. The van der Waals surface area contributed by atoms with E-state index in [1.165, 1.54) is 11.8 Å². The molecule has 4 aromatic rings. The van der Waals surface area contributed by atoms with Gasteiger partial charge < -0.3 is 5.32 Å². The predicted octanol–water partition coefficient (Wildman–Crippen LogP) is 5.02. The minimum absolute atomic E-state index is 0.172. The molecule has 0 radical (unpaired) electrons. The van der Waals surface area contributed by atoms with Crippen LogP contribution >= 0.6 is 35.0 Å². The number of rotatable bonds is 7. The number of amides is 1. The first-order valence-corrected chi connectivity index (χ1v) is 10.8. The molecule has 2 heterocycles. The fraction of sp³-hybridized carbons (Fsp3) is 0.0952. The third-order valence-electron chi connectivity index (χ3n) is 4.25. The number of anilines is 1. The Hall–Kier alpha value is -2.74. The molecule has 0 unspecified atom stereocenters. The second kappa shape index (κ2) is 9.38. The Morgan fingerprint density at radius 2 is 1.70 bits per heavy atom. The van der Waals surface area contributed by atoms with Gasteiger partial charge in [-0.25, -0.2) is 4.68 Å². The van der Waals surface area contributed by atoms with Crippen molar-refractivity contribution < 1.29 is 4.79 Å². The fourth-order valence-electron chi connectivity index (χ4n) is 2.85. The Labute approximate surface area is 187 Å². The molecule has 1 N–H and O–H groups in total. The minimum atomic E-state index is -0.172. The molecular weight excluding hydrogens is 441 g/mol. The highest BCUT2D eigenvalue weighted by molar-refractivity contribution is 7.99. The maximum absolute atomic E-state index is 12.4. The van der Waals surface area contributed by atoms with Gasteiger partial charge in [-0.2, -0.15) is 0 Å². The second-order valence-corrected chi connectivity index (χ2v) is 8.18. The second-order valence-electron chi connectivity index (χ2n) is 6.39. The Morgan fingerprint density at radius 3 is 2.43 bits per heavy atom. The van der Waals surface area contributed by atoms with Crippen molar-refractivity contribution in [2.24, 2.45) is 0 Å². The van der Waals surface area contributed by atoms with Gasteiger partial charge in [0.1, 0.15) is 0 Å². The molecule has 2 aromatic heterocycles. The lowest BCUT2D eigenvalue weighted by Gasteiger charge is -2.11. The Kier molecular flexibility index (Phi) is 6.42. The van der Waals surface area contributed by atoms with Crippen LogP contribution in [0.3, 0.4) is 0 Å². The van der Waals surface area contributed by atoms with Gasteiger partial charge in [-0.1, -0.05) is 59.2 Å². The number of carbonyl (C=O) groups is 1. The molecule has 0 saturated carbocycles. The van der Waals surface area contributed by atoms with Crippen molar-refractivity contribution in [2.75, 3.05) is 11.1 Å². The Balaban J connectivity index is 1.51. The van der Waals surface area contributed by atoms with E-state index in [4.69, 9.17) is 23.2 Å². The number of aromatic nitrogens is 4. The van der Waals surface area contributed by atoms with Crippen molar-refractivity contribution >= 4 is 46.6 Å². The number of hydrogen-bond acceptors (Lipinski definition) is 4. The van der Waals surface area contributed by atoms with Crippen molar-refractivity contribution in [2.45, 2.75) is 11.6 Å². The summed E-state index contributed by atoms with van der Waals surface area (Å²) in [5.41, 5.74) is 1.65. The van der Waals surface area contributed by atoms with Crippen LogP contribution in [-0.4, -0.2) is 31.2 Å². The molecule has 6 nitrogen and oxygen atoms in total. The van der Waals surface area contributed by atoms with E-state index in [0.29, 0.717) is 27.3 Å². The van der Waals surface area contributed by atoms with Crippen LogP contribution in [0, 0.1) is 0 Å². The summed E-state index contributed by atoms with van der Waals surface area (Å²) in [7, 11) is 0. The molecular formula is C21H17Cl2N5OS. The molecule has 1 amide bonds. The highest BCUT2D eigenvalue weighted by atomic mass is 35.5. The number of halogens is 2. The maximum atomic E-state index is 12.4. The summed E-state index contributed by atoms with van der Waals surface area (Å²) < 4.78 is 3.78. The predicted molar refractivity (Wildman–Crippen MR) is 120 cm³/mol. The van der Waals surface area contributed by atoms with Gasteiger partial charge in [-0.3, -0.25) is 9.47 Å². The monoisotopic (exact) mass is 457 g/mol. The smallest absolute Gasteiger partial charge is 0.234 e. The number of thioether (sulfide) groups is 1. The zero-order valence-corrected chi connectivity index (χ0v) is 18.0. The van der Waals surface area contributed by atoms with E-state index in [0.717, 1.165) is 11.4 Å². The molecule has 9 heteroatoms. The summed E-state index contributed by atoms with van der Waals surface area (Å²) >= 11 is 13.4. The molecule has 0 aliphatic rings. The molecule has 2 aromatic carbocycles. The number of benzene rings is 2. The van der Waals surface area contributed by atoms with Gasteiger partial charge in [0.2, 0.25) is 11.1 Å². The summed E-state index contributed by atoms with van der Waals surface area (Å²) in [6, 6.07) is 18.6. The lowest BCUT2D eigenvalue weighted by molar-refractivity contribution is -0.113. The van der Waals surface area contributed by atoms with Gasteiger partial charge in [0.05, 0.1) is 16.5 Å². The van der Waals surface area contributed by atoms with E-state index in [1.807, 2.05) is 70.3 Å². The topological polar surface area (TPSA) is 64.7 Å². The fourth-order valence-corrected chi connectivity index (χ4v) is 3.91. The van der Waals surface area contributed by atoms with E-state index in [1.54, 1.807) is 12.1 Å². The third kappa shape index (κ3) is 4.87. The van der Waals surface area contributed by atoms with Gasteiger partial charge >= 0.3 is 0 Å². The number of nitrogens with one attached hydrogen (secondary N) is 1. The SMILES string of the molecule is O=C(CSc1nnc(Cc2ccc(Cl)cc2)n1-n1cccc1)Nc1ccccc1Cl. The minimum Gasteiger partial charge on any atom is -0.324 e. The molecule has 152 valence electrons. The van der Waals surface area contributed by atoms with E-state index in [9.17, 15) is 4.79 Å². The van der Waals surface area contributed by atoms with Gasteiger partial charge in [0.15, 0.2) is 5.82 Å². The van der Waals surface area contributed by atoms with Crippen LogP contribution in [0.5, 0.6) is 0 Å². The van der Waals surface area contributed by atoms with Crippen molar-refractivity contribution in [1.82, 2.24) is 19.5 Å². The average Bonchev–Trinajstić information content (AvgIpc) is 3.39. The van der Waals surface area contributed by atoms with Crippen LogP contribution < -0.4 is 5.32 Å². The molecule has 0 fully saturated rings. The summed E-state index contributed by atoms with van der Waals surface area (Å²) in [4.78, 5) is 12.4. The van der Waals surface area contributed by atoms with Crippen LogP contribution in [0.15, 0.2) is 78.2 Å².